The van der Waals surface area contributed by atoms with Crippen LogP contribution in [-0.4, -0.2) is 63.0 Å². The predicted octanol–water partition coefficient (Wildman–Crippen LogP) is 3.19. The van der Waals surface area contributed by atoms with Crippen LogP contribution in [0.4, 0.5) is 0 Å². The Morgan fingerprint density at radius 1 is 1.34 bits per heavy atom. The highest BCUT2D eigenvalue weighted by atomic mass is 35.5. The largest absolute Gasteiger partial charge is 0.375 e. The summed E-state index contributed by atoms with van der Waals surface area (Å²) in [6.07, 6.45) is 6.17. The first-order valence-corrected chi connectivity index (χ1v) is 10.8. The van der Waals surface area contributed by atoms with Crippen molar-refractivity contribution < 1.29 is 0 Å². The van der Waals surface area contributed by atoms with Crippen molar-refractivity contribution in [2.75, 3.05) is 27.2 Å². The summed E-state index contributed by atoms with van der Waals surface area (Å²) >= 11 is 11.7. The fourth-order valence-corrected chi connectivity index (χ4v) is 3.58. The van der Waals surface area contributed by atoms with Crippen molar-refractivity contribution in [3.05, 3.63) is 46.9 Å². The van der Waals surface area contributed by atoms with Crippen LogP contribution in [0.3, 0.4) is 0 Å². The van der Waals surface area contributed by atoms with Crippen molar-refractivity contribution in [1.29, 1.82) is 5.26 Å². The Balaban J connectivity index is 2.12. The monoisotopic (exact) mass is 468 g/mol. The average molecular weight is 469 g/mol. The lowest BCUT2D eigenvalue weighted by Crippen LogP contribution is -2.36. The smallest absolute Gasteiger partial charge is 0.187 e. The molecule has 2 heterocycles. The van der Waals surface area contributed by atoms with E-state index in [0.717, 1.165) is 40.0 Å². The highest BCUT2D eigenvalue weighted by molar-refractivity contribution is 7.80. The fraction of sp³-hybridized carbons (Fsp3) is 0.318. The van der Waals surface area contributed by atoms with Gasteiger partial charge in [-0.3, -0.25) is 0 Å². The summed E-state index contributed by atoms with van der Waals surface area (Å²) in [5.41, 5.74) is 9.95. The Morgan fingerprint density at radius 3 is 2.75 bits per heavy atom. The molecule has 1 aromatic carbocycles. The van der Waals surface area contributed by atoms with E-state index < -0.39 is 0 Å². The highest BCUT2D eigenvalue weighted by Gasteiger charge is 2.13. The third-order valence-electron chi connectivity index (χ3n) is 4.94. The van der Waals surface area contributed by atoms with E-state index in [1.165, 1.54) is 0 Å². The maximum absolute atomic E-state index is 8.97. The Morgan fingerprint density at radius 2 is 2.12 bits per heavy atom. The van der Waals surface area contributed by atoms with Crippen LogP contribution in [0.15, 0.2) is 35.8 Å². The van der Waals surface area contributed by atoms with E-state index in [-0.39, 0.29) is 5.11 Å². The Labute approximate surface area is 197 Å². The van der Waals surface area contributed by atoms with Gasteiger partial charge in [0, 0.05) is 36.0 Å². The molecule has 0 aliphatic rings. The van der Waals surface area contributed by atoms with Crippen molar-refractivity contribution in [3.8, 4) is 17.5 Å². The van der Waals surface area contributed by atoms with Gasteiger partial charge in [-0.25, -0.2) is 15.0 Å². The third-order valence-corrected chi connectivity index (χ3v) is 5.51. The number of thiocarbonyl (C=S) groups is 1. The number of aryl methyl sites for hydroxylation is 2. The van der Waals surface area contributed by atoms with Gasteiger partial charge in [0.15, 0.2) is 5.11 Å². The van der Waals surface area contributed by atoms with Crippen molar-refractivity contribution in [2.24, 2.45) is 17.9 Å². The molecule has 0 fully saturated rings. The van der Waals surface area contributed by atoms with Crippen molar-refractivity contribution in [3.63, 3.8) is 0 Å². The molecule has 0 amide bonds. The zero-order valence-electron chi connectivity index (χ0n) is 18.3. The first kappa shape index (κ1) is 23.6. The zero-order valence-corrected chi connectivity index (χ0v) is 19.9. The van der Waals surface area contributed by atoms with Gasteiger partial charge >= 0.3 is 0 Å². The molecule has 10 heteroatoms. The molecule has 0 spiro atoms. The van der Waals surface area contributed by atoms with Crippen LogP contribution in [0.1, 0.15) is 17.5 Å². The highest BCUT2D eigenvalue weighted by Crippen LogP contribution is 2.29. The normalized spacial score (nSPS) is 11.4. The number of hydrogen-bond donors (Lipinski definition) is 1. The second kappa shape index (κ2) is 10.5. The number of aromatic nitrogens is 3. The third kappa shape index (κ3) is 5.59. The molecule has 8 nitrogen and oxygen atoms in total. The summed E-state index contributed by atoms with van der Waals surface area (Å²) in [4.78, 5) is 11.0. The maximum atomic E-state index is 8.97. The average Bonchev–Trinajstić information content (AvgIpc) is 3.17. The molecule has 0 radical (unpaired) electrons. The maximum Gasteiger partial charge on any atom is 0.187 e. The number of nitrogens with two attached hydrogens (primary N) is 1. The van der Waals surface area contributed by atoms with Crippen LogP contribution < -0.4 is 5.73 Å². The Hall–Kier alpha value is -3.06. The van der Waals surface area contributed by atoms with Crippen LogP contribution in [-0.2, 0) is 13.5 Å². The number of benzene rings is 1. The van der Waals surface area contributed by atoms with Gasteiger partial charge in [-0.2, -0.15) is 10.4 Å². The summed E-state index contributed by atoms with van der Waals surface area (Å²) in [6.45, 7) is 1.32. The molecule has 2 aromatic heterocycles. The Bertz CT molecular complexity index is 1190. The SMILES string of the molecule is CN(C)CCN(/N=C/c1cc(-c2cncn2C)nc2cc(Cl)c(CCC#N)cc12)C(N)=S. The molecule has 0 atom stereocenters. The first-order chi connectivity index (χ1) is 15.3. The lowest BCUT2D eigenvalue weighted by Gasteiger charge is -2.19. The van der Waals surface area contributed by atoms with Crippen LogP contribution in [0.5, 0.6) is 0 Å². The van der Waals surface area contributed by atoms with Crippen LogP contribution in [0, 0.1) is 11.3 Å². The second-order valence-electron chi connectivity index (χ2n) is 7.61. The van der Waals surface area contributed by atoms with Gasteiger partial charge in [-0.05, 0) is 56.5 Å². The number of hydrazone groups is 1. The minimum Gasteiger partial charge on any atom is -0.375 e. The molecule has 3 aromatic rings. The summed E-state index contributed by atoms with van der Waals surface area (Å²) < 4.78 is 1.90. The van der Waals surface area contributed by atoms with E-state index in [9.17, 15) is 0 Å². The summed E-state index contributed by atoms with van der Waals surface area (Å²) in [7, 11) is 5.87. The molecular formula is C22H25ClN8S. The van der Waals surface area contributed by atoms with Gasteiger partial charge < -0.3 is 15.2 Å². The molecule has 0 saturated carbocycles. The molecule has 0 bridgehead atoms. The lowest BCUT2D eigenvalue weighted by molar-refractivity contribution is 0.339. The van der Waals surface area contributed by atoms with E-state index in [0.29, 0.717) is 24.4 Å². The number of imidazole rings is 1. The molecule has 3 rings (SSSR count). The van der Waals surface area contributed by atoms with Crippen LogP contribution in [0.2, 0.25) is 5.02 Å². The van der Waals surface area contributed by atoms with Gasteiger partial charge in [0.1, 0.15) is 0 Å². The molecule has 166 valence electrons. The minimum atomic E-state index is 0.200. The van der Waals surface area contributed by atoms with Crippen molar-refractivity contribution in [2.45, 2.75) is 12.8 Å². The molecule has 32 heavy (non-hydrogen) atoms. The number of likely N-dealkylation sites (N-methyl/N-ethyl adjacent to an activating group) is 1. The Kier molecular flexibility index (Phi) is 7.75. The number of hydrogen-bond acceptors (Lipinski definition) is 6. The second-order valence-corrected chi connectivity index (χ2v) is 8.44. The number of halogens is 1. The topological polar surface area (TPSA) is 99.4 Å². The number of pyridine rings is 1. The number of fused-ring (bicyclic) bond motifs is 1. The van der Waals surface area contributed by atoms with E-state index in [1.807, 2.05) is 48.8 Å². The summed E-state index contributed by atoms with van der Waals surface area (Å²) in [5.74, 6) is 0. The van der Waals surface area contributed by atoms with E-state index in [2.05, 4.69) is 16.2 Å². The zero-order chi connectivity index (χ0) is 23.3. The van der Waals surface area contributed by atoms with E-state index >= 15 is 0 Å². The quantitative estimate of drug-likeness (QED) is 0.308. The summed E-state index contributed by atoms with van der Waals surface area (Å²) in [6, 6.07) is 7.92. The van der Waals surface area contributed by atoms with Crippen molar-refractivity contribution in [1.82, 2.24) is 24.4 Å². The first-order valence-electron chi connectivity index (χ1n) is 10.0. The van der Waals surface area contributed by atoms with Crippen molar-refractivity contribution >= 4 is 46.0 Å². The van der Waals surface area contributed by atoms with Gasteiger partial charge in [-0.1, -0.05) is 11.6 Å². The molecule has 0 unspecified atom stereocenters. The fourth-order valence-electron chi connectivity index (χ4n) is 3.19. The molecular weight excluding hydrogens is 444 g/mol. The van der Waals surface area contributed by atoms with Crippen LogP contribution >= 0.6 is 23.8 Å². The minimum absolute atomic E-state index is 0.200. The molecule has 2 N–H and O–H groups in total. The van der Waals surface area contributed by atoms with Gasteiger partial charge in [-0.15, -0.1) is 0 Å². The number of nitrogens with zero attached hydrogens (tertiary/aromatic N) is 7. The van der Waals surface area contributed by atoms with Crippen LogP contribution in [0.25, 0.3) is 22.3 Å². The predicted molar refractivity (Wildman–Crippen MR) is 133 cm³/mol. The van der Waals surface area contributed by atoms with Gasteiger partial charge in [0.05, 0.1) is 48.3 Å². The van der Waals surface area contributed by atoms with E-state index in [1.54, 1.807) is 23.7 Å². The number of rotatable bonds is 8. The standard InChI is InChI=1S/C22H25ClN8S/c1-29(2)7-8-31(22(25)32)27-12-16-10-20(21-13-26-14-30(21)3)28-19-11-18(23)15(5-4-6-24)9-17(16)19/h9-14H,4-5,7-8H2,1-3H3,(H2,25,32)/b27-12+. The lowest BCUT2D eigenvalue weighted by atomic mass is 10.0. The molecule has 0 saturated heterocycles. The molecule has 0 aliphatic heterocycles. The summed E-state index contributed by atoms with van der Waals surface area (Å²) in [5, 5.41) is 16.8. The van der Waals surface area contributed by atoms with Gasteiger partial charge in [0.2, 0.25) is 0 Å². The molecule has 0 aliphatic carbocycles. The van der Waals surface area contributed by atoms with E-state index in [4.69, 9.17) is 39.8 Å². The number of nitriles is 1. The van der Waals surface area contributed by atoms with Gasteiger partial charge in [0.25, 0.3) is 0 Å².